The zero-order valence-corrected chi connectivity index (χ0v) is 10.7. The molecule has 1 aromatic carbocycles. The van der Waals surface area contributed by atoms with Crippen LogP contribution in [0.3, 0.4) is 0 Å². The molecule has 94 valence electrons. The van der Waals surface area contributed by atoms with Crippen molar-refractivity contribution in [2.24, 2.45) is 0 Å². The summed E-state index contributed by atoms with van der Waals surface area (Å²) in [5.74, 6) is 0.866. The van der Waals surface area contributed by atoms with Crippen LogP contribution in [0.2, 0.25) is 0 Å². The summed E-state index contributed by atoms with van der Waals surface area (Å²) in [5, 5.41) is 15.4. The molecule has 0 spiro atoms. The molecule has 0 aliphatic heterocycles. The fourth-order valence-corrected chi connectivity index (χ4v) is 2.03. The number of nitrogens with one attached hydrogen (secondary N) is 1. The summed E-state index contributed by atoms with van der Waals surface area (Å²) in [7, 11) is 0. The van der Waals surface area contributed by atoms with Gasteiger partial charge in [0.05, 0.1) is 6.04 Å². The molecule has 0 amide bonds. The van der Waals surface area contributed by atoms with Gasteiger partial charge in [-0.3, -0.25) is 0 Å². The van der Waals surface area contributed by atoms with Crippen LogP contribution in [-0.4, -0.2) is 26.2 Å². The van der Waals surface area contributed by atoms with Crippen molar-refractivity contribution in [3.05, 3.63) is 24.3 Å². The van der Waals surface area contributed by atoms with Gasteiger partial charge in [0.2, 0.25) is 0 Å². The van der Waals surface area contributed by atoms with Gasteiger partial charge in [-0.1, -0.05) is 12.1 Å². The predicted octanol–water partition coefficient (Wildman–Crippen LogP) is 2.50. The molecule has 0 saturated heterocycles. The fraction of sp³-hybridized carbons (Fsp3) is 0.462. The molecule has 1 fully saturated rings. The van der Waals surface area contributed by atoms with E-state index in [0.717, 1.165) is 17.1 Å². The van der Waals surface area contributed by atoms with E-state index in [1.54, 1.807) is 0 Å². The minimum absolute atomic E-state index is 0.416. The summed E-state index contributed by atoms with van der Waals surface area (Å²) in [6.07, 6.45) is 2.37. The van der Waals surface area contributed by atoms with E-state index in [1.807, 2.05) is 10.7 Å². The molecule has 5 heteroatoms. The van der Waals surface area contributed by atoms with Gasteiger partial charge < -0.3 is 5.32 Å². The van der Waals surface area contributed by atoms with E-state index in [-0.39, 0.29) is 0 Å². The van der Waals surface area contributed by atoms with E-state index in [2.05, 4.69) is 52.9 Å². The van der Waals surface area contributed by atoms with Crippen LogP contribution in [0.5, 0.6) is 0 Å². The largest absolute Gasteiger partial charge is 0.383 e. The van der Waals surface area contributed by atoms with Crippen LogP contribution in [0.1, 0.15) is 32.7 Å². The Kier molecular flexibility index (Phi) is 2.74. The average Bonchev–Trinajstić information content (AvgIpc) is 3.06. The molecule has 1 heterocycles. The van der Waals surface area contributed by atoms with E-state index >= 15 is 0 Å². The normalized spacial score (nSPS) is 15.1. The second-order valence-electron chi connectivity index (χ2n) is 5.06. The predicted molar refractivity (Wildman–Crippen MR) is 70.3 cm³/mol. The number of benzene rings is 1. The van der Waals surface area contributed by atoms with Gasteiger partial charge in [-0.05, 0) is 49.2 Å². The van der Waals surface area contributed by atoms with Crippen molar-refractivity contribution in [2.45, 2.75) is 38.8 Å². The second-order valence-corrected chi connectivity index (χ2v) is 5.06. The van der Waals surface area contributed by atoms with Crippen LogP contribution < -0.4 is 5.32 Å². The number of hydrogen-bond donors (Lipinski definition) is 1. The lowest BCUT2D eigenvalue weighted by molar-refractivity contribution is 0.615. The second kappa shape index (κ2) is 4.40. The maximum absolute atomic E-state index is 4.14. The summed E-state index contributed by atoms with van der Waals surface area (Å²) in [5.41, 5.74) is 2.17. The molecule has 0 atom stereocenters. The summed E-state index contributed by atoms with van der Waals surface area (Å²) < 4.78 is 1.94. The van der Waals surface area contributed by atoms with Gasteiger partial charge in [0.15, 0.2) is 5.82 Å². The number of hydrogen-bond acceptors (Lipinski definition) is 4. The molecule has 18 heavy (non-hydrogen) atoms. The van der Waals surface area contributed by atoms with Crippen molar-refractivity contribution in [3.63, 3.8) is 0 Å². The van der Waals surface area contributed by atoms with Crippen LogP contribution >= 0.6 is 0 Å². The Hall–Kier alpha value is -1.91. The summed E-state index contributed by atoms with van der Waals surface area (Å²) in [4.78, 5) is 0. The van der Waals surface area contributed by atoms with Gasteiger partial charge in [0.25, 0.3) is 0 Å². The zero-order valence-electron chi connectivity index (χ0n) is 10.7. The maximum atomic E-state index is 4.14. The molecule has 1 N–H and O–H groups in total. The Balaban J connectivity index is 1.93. The summed E-state index contributed by atoms with van der Waals surface area (Å²) in [6, 6.07) is 9.16. The lowest BCUT2D eigenvalue weighted by atomic mass is 10.2. The first-order valence-electron chi connectivity index (χ1n) is 6.39. The van der Waals surface area contributed by atoms with Gasteiger partial charge in [0, 0.05) is 17.3 Å². The van der Waals surface area contributed by atoms with E-state index in [9.17, 15) is 0 Å². The van der Waals surface area contributed by atoms with Gasteiger partial charge in [-0.25, -0.2) is 4.68 Å². The first-order chi connectivity index (χ1) is 8.74. The van der Waals surface area contributed by atoms with Crippen molar-refractivity contribution < 1.29 is 0 Å². The highest BCUT2D eigenvalue weighted by Crippen LogP contribution is 2.36. The van der Waals surface area contributed by atoms with E-state index < -0.39 is 0 Å². The lowest BCUT2D eigenvalue weighted by Gasteiger charge is -2.11. The van der Waals surface area contributed by atoms with Crippen LogP contribution in [0.4, 0.5) is 5.69 Å². The monoisotopic (exact) mass is 243 g/mol. The Bertz CT molecular complexity index is 542. The topological polar surface area (TPSA) is 55.6 Å². The smallest absolute Gasteiger partial charge is 0.182 e. The zero-order chi connectivity index (χ0) is 12.5. The highest BCUT2D eigenvalue weighted by molar-refractivity contribution is 5.62. The minimum atomic E-state index is 0.416. The van der Waals surface area contributed by atoms with Gasteiger partial charge in [0.1, 0.15) is 0 Å². The van der Waals surface area contributed by atoms with E-state index in [4.69, 9.17) is 0 Å². The van der Waals surface area contributed by atoms with Gasteiger partial charge in [-0.2, -0.15) is 0 Å². The molecule has 1 saturated carbocycles. The molecule has 5 nitrogen and oxygen atoms in total. The number of aromatic nitrogens is 4. The SMILES string of the molecule is CC(C)Nc1cccc(-c2nnnn2C2CC2)c1. The minimum Gasteiger partial charge on any atom is -0.383 e. The number of anilines is 1. The third-order valence-electron chi connectivity index (χ3n) is 2.96. The number of tetrazole rings is 1. The molecule has 0 radical (unpaired) electrons. The lowest BCUT2D eigenvalue weighted by Crippen LogP contribution is -2.09. The highest BCUT2D eigenvalue weighted by atomic mass is 15.6. The Morgan fingerprint density at radius 1 is 1.33 bits per heavy atom. The molecular formula is C13H17N5. The third kappa shape index (κ3) is 2.20. The third-order valence-corrected chi connectivity index (χ3v) is 2.96. The number of nitrogens with zero attached hydrogens (tertiary/aromatic N) is 4. The molecule has 0 unspecified atom stereocenters. The molecule has 3 rings (SSSR count). The van der Waals surface area contributed by atoms with E-state index in [0.29, 0.717) is 12.1 Å². The summed E-state index contributed by atoms with van der Waals surface area (Å²) in [6.45, 7) is 4.25. The standard InChI is InChI=1S/C13H17N5/c1-9(2)14-11-5-3-4-10(8-11)13-15-16-17-18(13)12-6-7-12/h3-5,8-9,12,14H,6-7H2,1-2H3. The fourth-order valence-electron chi connectivity index (χ4n) is 2.03. The molecule has 1 aliphatic carbocycles. The van der Waals surface area contributed by atoms with Crippen LogP contribution in [0.15, 0.2) is 24.3 Å². The molecule has 1 aliphatic rings. The molecule has 0 bridgehead atoms. The highest BCUT2D eigenvalue weighted by Gasteiger charge is 2.28. The first kappa shape index (κ1) is 11.2. The van der Waals surface area contributed by atoms with Crippen LogP contribution in [0, 0.1) is 0 Å². The van der Waals surface area contributed by atoms with Crippen molar-refractivity contribution in [2.75, 3.05) is 5.32 Å². The van der Waals surface area contributed by atoms with Crippen LogP contribution in [-0.2, 0) is 0 Å². The average molecular weight is 243 g/mol. The Labute approximate surface area is 106 Å². The first-order valence-corrected chi connectivity index (χ1v) is 6.39. The summed E-state index contributed by atoms with van der Waals surface area (Å²) >= 11 is 0. The van der Waals surface area contributed by atoms with Crippen molar-refractivity contribution >= 4 is 5.69 Å². The van der Waals surface area contributed by atoms with Crippen molar-refractivity contribution in [1.29, 1.82) is 0 Å². The molecule has 1 aromatic heterocycles. The molecule has 2 aromatic rings. The van der Waals surface area contributed by atoms with E-state index in [1.165, 1.54) is 12.8 Å². The molecular weight excluding hydrogens is 226 g/mol. The quantitative estimate of drug-likeness (QED) is 0.896. The Morgan fingerprint density at radius 2 is 2.17 bits per heavy atom. The Morgan fingerprint density at radius 3 is 2.89 bits per heavy atom. The van der Waals surface area contributed by atoms with Crippen molar-refractivity contribution in [1.82, 2.24) is 20.2 Å². The van der Waals surface area contributed by atoms with Gasteiger partial charge in [-0.15, -0.1) is 5.10 Å². The maximum Gasteiger partial charge on any atom is 0.182 e. The van der Waals surface area contributed by atoms with Crippen molar-refractivity contribution in [3.8, 4) is 11.4 Å². The van der Waals surface area contributed by atoms with Gasteiger partial charge >= 0.3 is 0 Å². The van der Waals surface area contributed by atoms with Crippen LogP contribution in [0.25, 0.3) is 11.4 Å². The number of rotatable bonds is 4.